The van der Waals surface area contributed by atoms with Crippen molar-refractivity contribution < 1.29 is 53.6 Å². The number of carboxylic acids is 2. The Morgan fingerprint density at radius 3 is 2.27 bits per heavy atom. The van der Waals surface area contributed by atoms with Crippen LogP contribution in [0.25, 0.3) is 0 Å². The SMILES string of the molecule is COCC1(N(OCc2ccccc2)C(C)=O)CC[N+](CCc2cccs2)(OC(=O)CC(O)(CC(=O)O)C(=O)O)CC1. The molecular formula is C28H37N2O10S+. The van der Waals surface area contributed by atoms with Crippen molar-refractivity contribution >= 4 is 35.2 Å². The molecule has 1 amide bonds. The minimum Gasteiger partial charge on any atom is -0.481 e. The Morgan fingerprint density at radius 1 is 1.05 bits per heavy atom. The van der Waals surface area contributed by atoms with Crippen LogP contribution in [0.1, 0.15) is 43.0 Å². The number of benzene rings is 1. The third-order valence-electron chi connectivity index (χ3n) is 7.22. The standard InChI is InChI=1S/C28H36N2O10S/c1-21(31)29(39-19-22-7-4-3-5-8-22)27(20-38-2)11-14-30(15-12-27,13-10-23-9-6-16-41-23)40-25(34)18-28(37,26(35)36)17-24(32)33/h3-9,16,37H,10-15,17-20H2,1-2H3,(H-,32,33,35,36)/p+1. The fourth-order valence-corrected chi connectivity index (χ4v) is 5.79. The second-order valence-electron chi connectivity index (χ2n) is 10.3. The molecule has 12 nitrogen and oxygen atoms in total. The maximum atomic E-state index is 13.0. The van der Waals surface area contributed by atoms with Gasteiger partial charge < -0.3 is 20.1 Å². The van der Waals surface area contributed by atoms with E-state index in [-0.39, 0.29) is 36.9 Å². The molecule has 0 saturated carbocycles. The Morgan fingerprint density at radius 2 is 1.73 bits per heavy atom. The predicted octanol–water partition coefficient (Wildman–Crippen LogP) is 2.41. The molecule has 1 unspecified atom stereocenters. The molecule has 2 heterocycles. The van der Waals surface area contributed by atoms with Crippen LogP contribution in [0.2, 0.25) is 0 Å². The van der Waals surface area contributed by atoms with Gasteiger partial charge in [-0.2, -0.15) is 0 Å². The smallest absolute Gasteiger partial charge is 0.370 e. The Bertz CT molecular complexity index is 1180. The average molecular weight is 594 g/mol. The van der Waals surface area contributed by atoms with Crippen molar-refractivity contribution in [2.45, 2.75) is 56.8 Å². The summed E-state index contributed by atoms with van der Waals surface area (Å²) in [5.74, 6) is -4.74. The summed E-state index contributed by atoms with van der Waals surface area (Å²) < 4.78 is 5.33. The van der Waals surface area contributed by atoms with Gasteiger partial charge in [-0.3, -0.25) is 19.3 Å². The molecular weight excluding hydrogens is 556 g/mol. The van der Waals surface area contributed by atoms with Gasteiger partial charge in [0.1, 0.15) is 31.8 Å². The van der Waals surface area contributed by atoms with Crippen LogP contribution in [0, 0.1) is 0 Å². The van der Waals surface area contributed by atoms with Gasteiger partial charge in [-0.25, -0.2) is 14.7 Å². The van der Waals surface area contributed by atoms with Gasteiger partial charge in [0.05, 0.1) is 19.4 Å². The van der Waals surface area contributed by atoms with E-state index in [9.17, 15) is 29.4 Å². The number of carboxylic acid groups (broad SMARTS) is 2. The monoisotopic (exact) mass is 593 g/mol. The number of likely N-dealkylation sites (tertiary alicyclic amines) is 1. The quantitative estimate of drug-likeness (QED) is 0.207. The Hall–Kier alpha value is -3.36. The van der Waals surface area contributed by atoms with Gasteiger partial charge in [0, 0.05) is 38.2 Å². The average Bonchev–Trinajstić information content (AvgIpc) is 3.43. The number of carbonyl (C=O) groups is 4. The van der Waals surface area contributed by atoms with E-state index in [0.29, 0.717) is 25.8 Å². The first kappa shape index (κ1) is 32.2. The molecule has 224 valence electrons. The number of methoxy groups -OCH3 is 1. The first-order valence-corrected chi connectivity index (χ1v) is 14.1. The number of rotatable bonds is 15. The number of aliphatic hydroxyl groups is 1. The summed E-state index contributed by atoms with van der Waals surface area (Å²) in [6.07, 6.45) is -0.982. The molecule has 3 N–H and O–H groups in total. The zero-order valence-corrected chi connectivity index (χ0v) is 24.0. The van der Waals surface area contributed by atoms with Crippen LogP contribution in [0.4, 0.5) is 0 Å². The van der Waals surface area contributed by atoms with Crippen LogP contribution in [0.5, 0.6) is 0 Å². The number of thiophene rings is 1. The number of nitrogens with zero attached hydrogens (tertiary/aromatic N) is 2. The highest BCUT2D eigenvalue weighted by Gasteiger charge is 2.51. The summed E-state index contributed by atoms with van der Waals surface area (Å²) in [6.45, 7) is 2.57. The summed E-state index contributed by atoms with van der Waals surface area (Å²) in [5.41, 5.74) is -2.80. The van der Waals surface area contributed by atoms with Crippen molar-refractivity contribution in [3.05, 3.63) is 58.3 Å². The highest BCUT2D eigenvalue weighted by Crippen LogP contribution is 2.35. The summed E-state index contributed by atoms with van der Waals surface area (Å²) >= 11 is 1.54. The summed E-state index contributed by atoms with van der Waals surface area (Å²) in [4.78, 5) is 61.5. The molecule has 0 radical (unpaired) electrons. The summed E-state index contributed by atoms with van der Waals surface area (Å²) in [6, 6.07) is 13.3. The second kappa shape index (κ2) is 14.0. The van der Waals surface area contributed by atoms with E-state index in [1.807, 2.05) is 47.8 Å². The lowest BCUT2D eigenvalue weighted by atomic mass is 9.87. The van der Waals surface area contributed by atoms with Gasteiger partial charge in [-0.1, -0.05) is 36.4 Å². The lowest BCUT2D eigenvalue weighted by Gasteiger charge is -2.49. The van der Waals surface area contributed by atoms with Crippen molar-refractivity contribution in [1.82, 2.24) is 5.06 Å². The molecule has 1 atom stereocenters. The molecule has 3 rings (SSSR count). The lowest BCUT2D eigenvalue weighted by Crippen LogP contribution is -2.65. The van der Waals surface area contributed by atoms with Crippen molar-refractivity contribution in [3.63, 3.8) is 0 Å². The highest BCUT2D eigenvalue weighted by molar-refractivity contribution is 7.09. The molecule has 1 aromatic carbocycles. The maximum absolute atomic E-state index is 13.0. The first-order chi connectivity index (χ1) is 19.4. The topological polar surface area (TPSA) is 160 Å². The summed E-state index contributed by atoms with van der Waals surface area (Å²) in [5, 5.41) is 32.1. The van der Waals surface area contributed by atoms with Gasteiger partial charge in [0.2, 0.25) is 5.91 Å². The molecule has 1 aliphatic rings. The van der Waals surface area contributed by atoms with Crippen LogP contribution in [-0.4, -0.2) is 93.3 Å². The second-order valence-corrected chi connectivity index (χ2v) is 11.4. The number of piperidine rings is 1. The third kappa shape index (κ3) is 8.57. The van der Waals surface area contributed by atoms with Crippen molar-refractivity contribution in [2.75, 3.05) is 33.4 Å². The van der Waals surface area contributed by atoms with Gasteiger partial charge in [-0.05, 0) is 17.0 Å². The number of ether oxygens (including phenoxy) is 1. The molecule has 0 aliphatic carbocycles. The number of hydroxylamine groups is 5. The number of hydrogen-bond acceptors (Lipinski definition) is 9. The Kier molecular flexibility index (Phi) is 11.0. The normalized spacial score (nSPS) is 21.9. The Balaban J connectivity index is 1.82. The van der Waals surface area contributed by atoms with Crippen LogP contribution >= 0.6 is 11.3 Å². The van der Waals surface area contributed by atoms with E-state index >= 15 is 0 Å². The minimum atomic E-state index is -2.81. The largest absolute Gasteiger partial charge is 0.481 e. The summed E-state index contributed by atoms with van der Waals surface area (Å²) in [7, 11) is 1.53. The van der Waals surface area contributed by atoms with E-state index in [2.05, 4.69) is 0 Å². The first-order valence-electron chi connectivity index (χ1n) is 13.2. The van der Waals surface area contributed by atoms with E-state index in [0.717, 1.165) is 10.4 Å². The molecule has 13 heteroatoms. The lowest BCUT2D eigenvalue weighted by molar-refractivity contribution is -1.09. The van der Waals surface area contributed by atoms with Crippen LogP contribution in [0.3, 0.4) is 0 Å². The molecule has 1 saturated heterocycles. The zero-order chi connectivity index (χ0) is 30.1. The Labute approximate surface area is 242 Å². The van der Waals surface area contributed by atoms with Crippen LogP contribution < -0.4 is 0 Å². The van der Waals surface area contributed by atoms with Crippen LogP contribution in [0.15, 0.2) is 47.8 Å². The van der Waals surface area contributed by atoms with E-state index < -0.39 is 41.9 Å². The molecule has 2 aromatic rings. The molecule has 1 aliphatic heterocycles. The van der Waals surface area contributed by atoms with Gasteiger partial charge in [0.15, 0.2) is 5.60 Å². The van der Waals surface area contributed by atoms with Gasteiger partial charge >= 0.3 is 17.9 Å². The maximum Gasteiger partial charge on any atom is 0.370 e. The molecule has 0 bridgehead atoms. The molecule has 41 heavy (non-hydrogen) atoms. The number of hydrogen-bond donors (Lipinski definition) is 3. The number of quaternary nitrogens is 1. The zero-order valence-electron chi connectivity index (χ0n) is 23.2. The van der Waals surface area contributed by atoms with Gasteiger partial charge in [-0.15, -0.1) is 16.0 Å². The number of carbonyl (C=O) groups excluding carboxylic acids is 2. The van der Waals surface area contributed by atoms with Crippen molar-refractivity contribution in [2.24, 2.45) is 0 Å². The third-order valence-corrected chi connectivity index (χ3v) is 8.16. The van der Waals surface area contributed by atoms with Crippen molar-refractivity contribution in [1.29, 1.82) is 0 Å². The molecule has 1 fully saturated rings. The molecule has 0 spiro atoms. The highest BCUT2D eigenvalue weighted by atomic mass is 32.1. The van der Waals surface area contributed by atoms with Gasteiger partial charge in [0.25, 0.3) is 0 Å². The van der Waals surface area contributed by atoms with E-state index in [1.165, 1.54) is 19.1 Å². The predicted molar refractivity (Wildman–Crippen MR) is 146 cm³/mol. The number of aliphatic carboxylic acids is 2. The van der Waals surface area contributed by atoms with Crippen LogP contribution in [-0.2, 0) is 46.6 Å². The van der Waals surface area contributed by atoms with E-state index in [1.54, 1.807) is 11.3 Å². The number of amides is 1. The minimum absolute atomic E-state index is 0.163. The molecule has 1 aromatic heterocycles. The fourth-order valence-electron chi connectivity index (χ4n) is 5.09. The van der Waals surface area contributed by atoms with E-state index in [4.69, 9.17) is 19.5 Å². The fraction of sp³-hybridized carbons (Fsp3) is 0.500. The van der Waals surface area contributed by atoms with Crippen molar-refractivity contribution in [3.8, 4) is 0 Å².